The largest absolute Gasteiger partial charge is 0.462 e. The number of hydrogen-bond donors (Lipinski definition) is 1. The van der Waals surface area contributed by atoms with Gasteiger partial charge < -0.3 is 10.1 Å². The standard InChI is InChI=1S/C21H32N2O3S/c1-5-26-21(25)18-16-7-6-14(3)12-17(16)27-20(18)22-19(24)15(4)23-10-8-13(2)9-11-23/h13-15H,5-12H2,1-4H3,(H,22,24). The Morgan fingerprint density at radius 1 is 1.22 bits per heavy atom. The molecule has 1 saturated heterocycles. The number of carbonyl (C=O) groups is 2. The van der Waals surface area contributed by atoms with Crippen LogP contribution in [0.4, 0.5) is 5.00 Å². The van der Waals surface area contributed by atoms with E-state index >= 15 is 0 Å². The van der Waals surface area contributed by atoms with Gasteiger partial charge in [-0.1, -0.05) is 13.8 Å². The zero-order chi connectivity index (χ0) is 19.6. The summed E-state index contributed by atoms with van der Waals surface area (Å²) in [5.74, 6) is 1.02. The minimum absolute atomic E-state index is 0.0262. The second-order valence-electron chi connectivity index (χ2n) is 8.16. The molecule has 5 nitrogen and oxygen atoms in total. The van der Waals surface area contributed by atoms with Crippen molar-refractivity contribution in [3.63, 3.8) is 0 Å². The maximum absolute atomic E-state index is 12.9. The van der Waals surface area contributed by atoms with Crippen molar-refractivity contribution in [3.05, 3.63) is 16.0 Å². The van der Waals surface area contributed by atoms with Crippen molar-refractivity contribution in [2.75, 3.05) is 25.0 Å². The summed E-state index contributed by atoms with van der Waals surface area (Å²) in [5, 5.41) is 3.74. The molecule has 1 aromatic rings. The molecule has 0 spiro atoms. The van der Waals surface area contributed by atoms with Crippen LogP contribution in [0.15, 0.2) is 0 Å². The first-order chi connectivity index (χ1) is 12.9. The van der Waals surface area contributed by atoms with Crippen molar-refractivity contribution in [1.82, 2.24) is 4.90 Å². The number of rotatable bonds is 5. The molecule has 0 aromatic carbocycles. The molecular formula is C21H32N2O3S. The van der Waals surface area contributed by atoms with E-state index in [2.05, 4.69) is 24.1 Å². The second kappa shape index (κ2) is 8.74. The highest BCUT2D eigenvalue weighted by Gasteiger charge is 2.31. The van der Waals surface area contributed by atoms with Gasteiger partial charge in [-0.25, -0.2) is 4.79 Å². The summed E-state index contributed by atoms with van der Waals surface area (Å²) in [5.41, 5.74) is 1.68. The highest BCUT2D eigenvalue weighted by atomic mass is 32.1. The molecule has 6 heteroatoms. The maximum Gasteiger partial charge on any atom is 0.341 e. The number of fused-ring (bicyclic) bond motifs is 1. The molecule has 27 heavy (non-hydrogen) atoms. The number of nitrogens with one attached hydrogen (secondary N) is 1. The summed E-state index contributed by atoms with van der Waals surface area (Å²) in [6, 6.07) is -0.189. The predicted octanol–water partition coefficient (Wildman–Crippen LogP) is 4.11. The molecule has 150 valence electrons. The Morgan fingerprint density at radius 2 is 1.93 bits per heavy atom. The molecule has 2 aliphatic rings. The van der Waals surface area contributed by atoms with Crippen LogP contribution in [0.5, 0.6) is 0 Å². The number of anilines is 1. The van der Waals surface area contributed by atoms with E-state index < -0.39 is 0 Å². The van der Waals surface area contributed by atoms with Gasteiger partial charge in [-0.15, -0.1) is 11.3 Å². The van der Waals surface area contributed by atoms with E-state index in [9.17, 15) is 9.59 Å². The number of ether oxygens (including phenoxy) is 1. The fraction of sp³-hybridized carbons (Fsp3) is 0.714. The molecule has 1 N–H and O–H groups in total. The van der Waals surface area contributed by atoms with Gasteiger partial charge >= 0.3 is 5.97 Å². The monoisotopic (exact) mass is 392 g/mol. The summed E-state index contributed by atoms with van der Waals surface area (Å²) >= 11 is 1.56. The van der Waals surface area contributed by atoms with Crippen molar-refractivity contribution in [3.8, 4) is 0 Å². The fourth-order valence-electron chi connectivity index (χ4n) is 4.06. The van der Waals surface area contributed by atoms with Gasteiger partial charge in [0, 0.05) is 4.88 Å². The molecule has 1 aliphatic heterocycles. The third-order valence-corrected chi connectivity index (χ3v) is 7.14. The smallest absolute Gasteiger partial charge is 0.341 e. The van der Waals surface area contributed by atoms with Crippen LogP contribution in [0.2, 0.25) is 0 Å². The molecule has 1 amide bonds. The average Bonchev–Trinajstić information content (AvgIpc) is 2.98. The average molecular weight is 393 g/mol. The van der Waals surface area contributed by atoms with Crippen LogP contribution in [-0.2, 0) is 22.4 Å². The highest BCUT2D eigenvalue weighted by molar-refractivity contribution is 7.17. The Kier molecular flexibility index (Phi) is 6.58. The van der Waals surface area contributed by atoms with E-state index in [-0.39, 0.29) is 17.9 Å². The van der Waals surface area contributed by atoms with Gasteiger partial charge in [0.25, 0.3) is 0 Å². The predicted molar refractivity (Wildman–Crippen MR) is 110 cm³/mol. The van der Waals surface area contributed by atoms with Crippen LogP contribution < -0.4 is 5.32 Å². The van der Waals surface area contributed by atoms with Gasteiger partial charge in [0.15, 0.2) is 0 Å². The molecule has 2 atom stereocenters. The fourth-order valence-corrected chi connectivity index (χ4v) is 5.46. The molecule has 0 saturated carbocycles. The van der Waals surface area contributed by atoms with E-state index in [4.69, 9.17) is 4.74 Å². The maximum atomic E-state index is 12.9. The number of nitrogens with zero attached hydrogens (tertiary/aromatic N) is 1. The third-order valence-electron chi connectivity index (χ3n) is 5.97. The van der Waals surface area contributed by atoms with Crippen LogP contribution in [0.25, 0.3) is 0 Å². The molecule has 1 aliphatic carbocycles. The minimum Gasteiger partial charge on any atom is -0.462 e. The molecule has 0 bridgehead atoms. The Bertz CT molecular complexity index is 692. The van der Waals surface area contributed by atoms with Crippen LogP contribution >= 0.6 is 11.3 Å². The Balaban J connectivity index is 1.79. The molecule has 3 rings (SSSR count). The molecule has 1 aromatic heterocycles. The first kappa shape index (κ1) is 20.3. The van der Waals surface area contributed by atoms with E-state index in [1.807, 2.05) is 13.8 Å². The lowest BCUT2D eigenvalue weighted by atomic mass is 9.88. The van der Waals surface area contributed by atoms with Gasteiger partial charge in [0.2, 0.25) is 5.91 Å². The minimum atomic E-state index is -0.306. The second-order valence-corrected chi connectivity index (χ2v) is 9.27. The van der Waals surface area contributed by atoms with Crippen molar-refractivity contribution >= 4 is 28.2 Å². The molecule has 0 radical (unpaired) electrons. The van der Waals surface area contributed by atoms with Crippen molar-refractivity contribution in [1.29, 1.82) is 0 Å². The van der Waals surface area contributed by atoms with Crippen molar-refractivity contribution < 1.29 is 14.3 Å². The zero-order valence-corrected chi connectivity index (χ0v) is 17.8. The highest BCUT2D eigenvalue weighted by Crippen LogP contribution is 2.40. The quantitative estimate of drug-likeness (QED) is 0.766. The van der Waals surface area contributed by atoms with E-state index in [1.165, 1.54) is 4.88 Å². The summed E-state index contributed by atoms with van der Waals surface area (Å²) in [6.45, 7) is 10.5. The lowest BCUT2D eigenvalue weighted by molar-refractivity contribution is -0.121. The lowest BCUT2D eigenvalue weighted by Gasteiger charge is -2.34. The van der Waals surface area contributed by atoms with Gasteiger partial charge in [-0.2, -0.15) is 0 Å². The molecule has 2 unspecified atom stereocenters. The number of esters is 1. The van der Waals surface area contributed by atoms with Crippen LogP contribution in [-0.4, -0.2) is 42.5 Å². The van der Waals surface area contributed by atoms with Crippen molar-refractivity contribution in [2.24, 2.45) is 11.8 Å². The number of amides is 1. The summed E-state index contributed by atoms with van der Waals surface area (Å²) in [4.78, 5) is 29.0. The van der Waals surface area contributed by atoms with Crippen LogP contribution in [0.3, 0.4) is 0 Å². The Labute approximate surface area is 166 Å². The number of carbonyl (C=O) groups excluding carboxylic acids is 2. The topological polar surface area (TPSA) is 58.6 Å². The summed E-state index contributed by atoms with van der Waals surface area (Å²) < 4.78 is 5.30. The van der Waals surface area contributed by atoms with Gasteiger partial charge in [0.05, 0.1) is 18.2 Å². The summed E-state index contributed by atoms with van der Waals surface area (Å²) in [6.07, 6.45) is 5.21. The number of piperidine rings is 1. The van der Waals surface area contributed by atoms with Crippen LogP contribution in [0, 0.1) is 11.8 Å². The lowest BCUT2D eigenvalue weighted by Crippen LogP contribution is -2.45. The molecule has 2 heterocycles. The molecular weight excluding hydrogens is 360 g/mol. The van der Waals surface area contributed by atoms with Gasteiger partial charge in [0.1, 0.15) is 5.00 Å². The number of thiophene rings is 1. The Hall–Kier alpha value is -1.40. The van der Waals surface area contributed by atoms with Crippen molar-refractivity contribution in [2.45, 2.75) is 65.8 Å². The first-order valence-corrected chi connectivity index (χ1v) is 11.1. The molecule has 1 fully saturated rings. The third kappa shape index (κ3) is 4.54. The van der Waals surface area contributed by atoms with Gasteiger partial charge in [-0.3, -0.25) is 9.69 Å². The normalized spacial score (nSPS) is 22.1. The van der Waals surface area contributed by atoms with Gasteiger partial charge in [-0.05, 0) is 76.4 Å². The SMILES string of the molecule is CCOC(=O)c1c(NC(=O)C(C)N2CCC(C)CC2)sc2c1CCC(C)C2. The van der Waals surface area contributed by atoms with E-state index in [0.717, 1.165) is 56.7 Å². The van der Waals surface area contributed by atoms with E-state index in [0.29, 0.717) is 23.1 Å². The van der Waals surface area contributed by atoms with Crippen LogP contribution in [0.1, 0.15) is 67.8 Å². The Morgan fingerprint density at radius 3 is 2.59 bits per heavy atom. The van der Waals surface area contributed by atoms with E-state index in [1.54, 1.807) is 11.3 Å². The number of hydrogen-bond acceptors (Lipinski definition) is 5. The number of likely N-dealkylation sites (tertiary alicyclic amines) is 1. The first-order valence-electron chi connectivity index (χ1n) is 10.3. The zero-order valence-electron chi connectivity index (χ0n) is 17.0. The summed E-state index contributed by atoms with van der Waals surface area (Å²) in [7, 11) is 0.